The van der Waals surface area contributed by atoms with E-state index in [1.165, 1.54) is 61.2 Å². The van der Waals surface area contributed by atoms with Gasteiger partial charge in [-0.3, -0.25) is 9.59 Å². The van der Waals surface area contributed by atoms with E-state index in [2.05, 4.69) is 10.6 Å². The number of nitrogens with one attached hydrogen (secondary N) is 2. The summed E-state index contributed by atoms with van der Waals surface area (Å²) in [6, 6.07) is 21.5. The maximum atomic E-state index is 13.1. The second-order valence-corrected chi connectivity index (χ2v) is 11.7. The van der Waals surface area contributed by atoms with Gasteiger partial charge in [-0.25, -0.2) is 9.59 Å². The molecule has 0 saturated heterocycles. The molecule has 8 nitrogen and oxygen atoms in total. The molecule has 2 heterocycles. The minimum Gasteiger partial charge on any atom is -0.465 e. The highest BCUT2D eigenvalue weighted by atomic mass is 32.1. The lowest BCUT2D eigenvalue weighted by Crippen LogP contribution is -2.16. The summed E-state index contributed by atoms with van der Waals surface area (Å²) in [5.74, 6) is -2.02. The minimum absolute atomic E-state index is 0.271. The zero-order chi connectivity index (χ0) is 31.4. The quantitative estimate of drug-likeness (QED) is 0.170. The van der Waals surface area contributed by atoms with Crippen molar-refractivity contribution >= 4 is 56.4 Å². The number of amides is 2. The zero-order valence-electron chi connectivity index (χ0n) is 24.3. The maximum Gasteiger partial charge on any atom is 0.341 e. The molecule has 2 N–H and O–H groups in total. The van der Waals surface area contributed by atoms with E-state index in [1.807, 2.05) is 62.4 Å². The number of benzene rings is 3. The van der Waals surface area contributed by atoms with Crippen molar-refractivity contribution in [3.05, 3.63) is 117 Å². The molecule has 0 unspecified atom stereocenters. The summed E-state index contributed by atoms with van der Waals surface area (Å²) >= 11 is 2.45. The van der Waals surface area contributed by atoms with Crippen LogP contribution in [0.5, 0.6) is 0 Å². The van der Waals surface area contributed by atoms with Crippen molar-refractivity contribution in [2.75, 3.05) is 24.9 Å². The first-order valence-corrected chi connectivity index (χ1v) is 15.2. The fourth-order valence-corrected chi connectivity index (χ4v) is 6.43. The van der Waals surface area contributed by atoms with E-state index in [9.17, 15) is 19.2 Å². The van der Waals surface area contributed by atoms with Crippen molar-refractivity contribution in [2.45, 2.75) is 13.8 Å². The lowest BCUT2D eigenvalue weighted by Gasteiger charge is -2.10. The number of methoxy groups -OCH3 is 2. The van der Waals surface area contributed by atoms with Gasteiger partial charge in [-0.1, -0.05) is 59.7 Å². The molecule has 0 spiro atoms. The van der Waals surface area contributed by atoms with Gasteiger partial charge in [-0.2, -0.15) is 0 Å². The Hall–Kier alpha value is -5.06. The van der Waals surface area contributed by atoms with Gasteiger partial charge in [-0.05, 0) is 49.2 Å². The minimum atomic E-state index is -0.561. The molecule has 10 heteroatoms. The highest BCUT2D eigenvalue weighted by Gasteiger charge is 2.24. The number of anilines is 2. The van der Waals surface area contributed by atoms with Crippen molar-refractivity contribution < 1.29 is 28.7 Å². The molecule has 0 saturated carbocycles. The van der Waals surface area contributed by atoms with Crippen molar-refractivity contribution in [1.82, 2.24) is 0 Å². The van der Waals surface area contributed by atoms with Crippen LogP contribution in [-0.2, 0) is 9.47 Å². The van der Waals surface area contributed by atoms with Crippen LogP contribution in [0.1, 0.15) is 52.6 Å². The number of ether oxygens (including phenoxy) is 2. The molecule has 2 aromatic heterocycles. The van der Waals surface area contributed by atoms with Crippen molar-refractivity contribution in [3.8, 4) is 22.3 Å². The molecule has 222 valence electrons. The Labute approximate surface area is 262 Å². The first-order valence-electron chi connectivity index (χ1n) is 13.5. The van der Waals surface area contributed by atoms with Crippen LogP contribution >= 0.6 is 22.7 Å². The van der Waals surface area contributed by atoms with Crippen LogP contribution in [0.15, 0.2) is 83.6 Å². The monoisotopic (exact) mass is 624 g/mol. The number of thiophene rings is 2. The van der Waals surface area contributed by atoms with Crippen molar-refractivity contribution in [3.63, 3.8) is 0 Å². The van der Waals surface area contributed by atoms with Crippen LogP contribution in [0, 0.1) is 13.8 Å². The number of carbonyl (C=O) groups is 4. The Morgan fingerprint density at radius 3 is 1.20 bits per heavy atom. The fraction of sp³-hybridized carbons (Fsp3) is 0.118. The van der Waals surface area contributed by atoms with E-state index in [4.69, 9.17) is 9.47 Å². The van der Waals surface area contributed by atoms with Gasteiger partial charge < -0.3 is 20.1 Å². The lowest BCUT2D eigenvalue weighted by atomic mass is 10.0. The summed E-state index contributed by atoms with van der Waals surface area (Å²) in [5, 5.41) is 9.94. The molecular weight excluding hydrogens is 597 g/mol. The van der Waals surface area contributed by atoms with Gasteiger partial charge in [-0.15, -0.1) is 22.7 Å². The Kier molecular flexibility index (Phi) is 9.03. The summed E-state index contributed by atoms with van der Waals surface area (Å²) in [6.45, 7) is 3.95. The Balaban J connectivity index is 1.34. The fourth-order valence-electron chi connectivity index (χ4n) is 4.52. The van der Waals surface area contributed by atoms with Crippen LogP contribution in [0.2, 0.25) is 0 Å². The molecule has 0 aliphatic carbocycles. The van der Waals surface area contributed by atoms with Gasteiger partial charge in [0.1, 0.15) is 21.1 Å². The summed E-state index contributed by atoms with van der Waals surface area (Å²) in [4.78, 5) is 51.7. The van der Waals surface area contributed by atoms with Crippen molar-refractivity contribution in [1.29, 1.82) is 0 Å². The smallest absolute Gasteiger partial charge is 0.341 e. The van der Waals surface area contributed by atoms with Gasteiger partial charge in [0.2, 0.25) is 0 Å². The summed E-state index contributed by atoms with van der Waals surface area (Å²) < 4.78 is 10.0. The highest BCUT2D eigenvalue weighted by Crippen LogP contribution is 2.38. The Morgan fingerprint density at radius 2 is 0.886 bits per heavy atom. The second-order valence-electron chi connectivity index (χ2n) is 9.91. The van der Waals surface area contributed by atoms with Crippen LogP contribution in [0.3, 0.4) is 0 Å². The van der Waals surface area contributed by atoms with Gasteiger partial charge in [0.05, 0.1) is 14.2 Å². The van der Waals surface area contributed by atoms with E-state index < -0.39 is 23.8 Å². The molecule has 5 aromatic rings. The van der Waals surface area contributed by atoms with E-state index in [0.717, 1.165) is 22.3 Å². The first kappa shape index (κ1) is 30.4. The normalized spacial score (nSPS) is 10.6. The Morgan fingerprint density at radius 1 is 0.545 bits per heavy atom. The van der Waals surface area contributed by atoms with Gasteiger partial charge in [0, 0.05) is 33.0 Å². The van der Waals surface area contributed by atoms with E-state index in [-0.39, 0.29) is 22.3 Å². The van der Waals surface area contributed by atoms with E-state index >= 15 is 0 Å². The van der Waals surface area contributed by atoms with Crippen LogP contribution in [0.25, 0.3) is 22.3 Å². The van der Waals surface area contributed by atoms with Crippen LogP contribution < -0.4 is 10.6 Å². The molecule has 0 bridgehead atoms. The molecule has 0 atom stereocenters. The second kappa shape index (κ2) is 13.1. The number of esters is 2. The molecular formula is C34H28N2O6S2. The van der Waals surface area contributed by atoms with Crippen LogP contribution in [-0.4, -0.2) is 38.0 Å². The van der Waals surface area contributed by atoms with Gasteiger partial charge >= 0.3 is 11.9 Å². The third-order valence-corrected chi connectivity index (χ3v) is 8.74. The number of aryl methyl sites for hydroxylation is 2. The largest absolute Gasteiger partial charge is 0.465 e. The molecule has 0 aliphatic heterocycles. The predicted octanol–water partition coefficient (Wildman–Crippen LogP) is 7.84. The first-order chi connectivity index (χ1) is 21.2. The average molecular weight is 625 g/mol. The number of hydrogen-bond acceptors (Lipinski definition) is 8. The average Bonchev–Trinajstić information content (AvgIpc) is 3.65. The predicted molar refractivity (Wildman–Crippen MR) is 174 cm³/mol. The molecule has 3 aromatic carbocycles. The zero-order valence-corrected chi connectivity index (χ0v) is 26.0. The SMILES string of the molecule is COC(=O)c1c(-c2ccc(C)cc2)csc1NC(=O)c1ccc(C(=O)Nc2scc(-c3ccc(C)cc3)c2C(=O)OC)cc1. The topological polar surface area (TPSA) is 111 Å². The summed E-state index contributed by atoms with van der Waals surface area (Å²) in [7, 11) is 2.59. The Bertz CT molecular complexity index is 1720. The molecule has 5 rings (SSSR count). The van der Waals surface area contributed by atoms with Crippen molar-refractivity contribution in [2.24, 2.45) is 0 Å². The number of carbonyl (C=O) groups excluding carboxylic acids is 4. The van der Waals surface area contributed by atoms with E-state index in [1.54, 1.807) is 10.8 Å². The van der Waals surface area contributed by atoms with Gasteiger partial charge in [0.25, 0.3) is 11.8 Å². The summed E-state index contributed by atoms with van der Waals surface area (Å²) in [6.07, 6.45) is 0. The maximum absolute atomic E-state index is 13.1. The molecule has 44 heavy (non-hydrogen) atoms. The standard InChI is InChI=1S/C34H28N2O6S2/c1-19-5-9-21(10-6-19)25-17-43-31(27(25)33(39)41-3)35-29(37)23-13-15-24(16-14-23)30(38)36-32-28(34(40)42-4)26(18-44-32)22-11-7-20(2)8-12-22/h5-18H,1-4H3,(H,35,37)(H,36,38). The molecule has 2 amide bonds. The molecule has 0 aliphatic rings. The lowest BCUT2D eigenvalue weighted by molar-refractivity contribution is 0.0594. The van der Waals surface area contributed by atoms with Gasteiger partial charge in [0.15, 0.2) is 0 Å². The third-order valence-electron chi connectivity index (χ3n) is 6.95. The van der Waals surface area contributed by atoms with E-state index in [0.29, 0.717) is 21.1 Å². The summed E-state index contributed by atoms with van der Waals surface area (Å²) in [5.41, 5.74) is 6.27. The number of hydrogen-bond donors (Lipinski definition) is 2. The molecule has 0 fully saturated rings. The highest BCUT2D eigenvalue weighted by molar-refractivity contribution is 7.15. The van der Waals surface area contributed by atoms with Crippen LogP contribution in [0.4, 0.5) is 10.0 Å². The molecule has 0 radical (unpaired) electrons. The number of rotatable bonds is 8. The third kappa shape index (κ3) is 6.31.